The summed E-state index contributed by atoms with van der Waals surface area (Å²) in [5.41, 5.74) is 0. The van der Waals surface area contributed by atoms with Crippen molar-refractivity contribution in [1.29, 1.82) is 0 Å². The Morgan fingerprint density at radius 3 is 2.61 bits per heavy atom. The molecule has 2 rings (SSSR count). The summed E-state index contributed by atoms with van der Waals surface area (Å²) in [5, 5.41) is 3.30. The summed E-state index contributed by atoms with van der Waals surface area (Å²) in [4.78, 5) is 0. The minimum absolute atomic E-state index is 0.473. The maximum absolute atomic E-state index is 5.84. The highest BCUT2D eigenvalue weighted by Gasteiger charge is 2.28. The van der Waals surface area contributed by atoms with Crippen LogP contribution in [0.3, 0.4) is 0 Å². The molecule has 1 heterocycles. The van der Waals surface area contributed by atoms with Crippen LogP contribution >= 0.6 is 0 Å². The SMILES string of the molecule is CCCCCC/C(=C\CC1CCCO1)[Si](C)(C)c1ccccc1. The molecule has 0 N–H and O–H groups in total. The van der Waals surface area contributed by atoms with Gasteiger partial charge in [-0.25, -0.2) is 0 Å². The molecule has 1 fully saturated rings. The van der Waals surface area contributed by atoms with E-state index < -0.39 is 8.07 Å². The molecule has 1 aromatic rings. The number of unbranched alkanes of at least 4 members (excludes halogenated alkanes) is 3. The van der Waals surface area contributed by atoms with Crippen LogP contribution in [0.2, 0.25) is 13.1 Å². The molecule has 0 aromatic heterocycles. The van der Waals surface area contributed by atoms with Crippen molar-refractivity contribution in [1.82, 2.24) is 0 Å². The quantitative estimate of drug-likeness (QED) is 0.422. The van der Waals surface area contributed by atoms with Crippen molar-refractivity contribution in [2.45, 2.75) is 77.5 Å². The Hall–Kier alpha value is -0.863. The van der Waals surface area contributed by atoms with E-state index in [4.69, 9.17) is 4.74 Å². The number of rotatable bonds is 9. The predicted molar refractivity (Wildman–Crippen MR) is 104 cm³/mol. The highest BCUT2D eigenvalue weighted by molar-refractivity contribution is 6.95. The summed E-state index contributed by atoms with van der Waals surface area (Å²) in [6.45, 7) is 8.29. The molecule has 128 valence electrons. The van der Waals surface area contributed by atoms with E-state index in [0.29, 0.717) is 6.10 Å². The van der Waals surface area contributed by atoms with Crippen LogP contribution in [0, 0.1) is 0 Å². The molecular formula is C21H34OSi. The van der Waals surface area contributed by atoms with Crippen molar-refractivity contribution < 1.29 is 4.74 Å². The first-order valence-electron chi connectivity index (χ1n) is 9.51. The van der Waals surface area contributed by atoms with Crippen LogP contribution in [0.1, 0.15) is 58.3 Å². The Labute approximate surface area is 144 Å². The third-order valence-electron chi connectivity index (χ3n) is 5.25. The summed E-state index contributed by atoms with van der Waals surface area (Å²) in [6, 6.07) is 11.2. The van der Waals surface area contributed by atoms with Crippen molar-refractivity contribution in [3.8, 4) is 0 Å². The van der Waals surface area contributed by atoms with Gasteiger partial charge in [-0.1, -0.05) is 86.1 Å². The van der Waals surface area contributed by atoms with E-state index in [1.807, 2.05) is 0 Å². The number of benzene rings is 1. The lowest BCUT2D eigenvalue weighted by Gasteiger charge is -2.27. The van der Waals surface area contributed by atoms with E-state index >= 15 is 0 Å². The maximum atomic E-state index is 5.84. The second-order valence-corrected chi connectivity index (χ2v) is 11.9. The van der Waals surface area contributed by atoms with Crippen molar-refractivity contribution in [2.75, 3.05) is 6.61 Å². The monoisotopic (exact) mass is 330 g/mol. The van der Waals surface area contributed by atoms with E-state index in [0.717, 1.165) is 13.0 Å². The Balaban J connectivity index is 2.08. The number of hydrogen-bond donors (Lipinski definition) is 0. The van der Waals surface area contributed by atoms with Crippen LogP contribution in [0.5, 0.6) is 0 Å². The molecule has 23 heavy (non-hydrogen) atoms. The zero-order chi connectivity index (χ0) is 16.5. The summed E-state index contributed by atoms with van der Waals surface area (Å²) in [6.07, 6.45) is 13.3. The minimum atomic E-state index is -1.54. The van der Waals surface area contributed by atoms with Crippen LogP contribution in [-0.2, 0) is 4.74 Å². The normalized spacial score (nSPS) is 19.3. The van der Waals surface area contributed by atoms with Gasteiger partial charge in [-0.05, 0) is 32.1 Å². The topological polar surface area (TPSA) is 9.23 Å². The Morgan fingerprint density at radius 1 is 1.17 bits per heavy atom. The number of hydrogen-bond acceptors (Lipinski definition) is 1. The molecule has 0 radical (unpaired) electrons. The fourth-order valence-corrected chi connectivity index (χ4v) is 6.38. The number of ether oxygens (including phenoxy) is 1. The lowest BCUT2D eigenvalue weighted by molar-refractivity contribution is 0.113. The summed E-state index contributed by atoms with van der Waals surface area (Å²) >= 11 is 0. The van der Waals surface area contributed by atoms with Gasteiger partial charge in [-0.3, -0.25) is 0 Å². The van der Waals surface area contributed by atoms with Gasteiger partial charge in [0.25, 0.3) is 0 Å². The van der Waals surface area contributed by atoms with E-state index in [9.17, 15) is 0 Å². The van der Waals surface area contributed by atoms with E-state index in [2.05, 4.69) is 56.4 Å². The van der Waals surface area contributed by atoms with Crippen molar-refractivity contribution in [3.05, 3.63) is 41.6 Å². The minimum Gasteiger partial charge on any atom is -0.378 e. The number of allylic oxidation sites excluding steroid dienone is 1. The molecule has 0 amide bonds. The van der Waals surface area contributed by atoms with Gasteiger partial charge in [0.2, 0.25) is 0 Å². The molecule has 2 heteroatoms. The first-order valence-corrected chi connectivity index (χ1v) is 12.5. The third-order valence-corrected chi connectivity index (χ3v) is 9.09. The van der Waals surface area contributed by atoms with Gasteiger partial charge in [0.05, 0.1) is 6.10 Å². The molecule has 1 nitrogen and oxygen atoms in total. The largest absolute Gasteiger partial charge is 0.378 e. The average Bonchev–Trinajstić information content (AvgIpc) is 3.08. The zero-order valence-corrected chi connectivity index (χ0v) is 16.3. The van der Waals surface area contributed by atoms with Crippen molar-refractivity contribution >= 4 is 13.3 Å². The maximum Gasteiger partial charge on any atom is 0.107 e. The molecule has 1 unspecified atom stereocenters. The van der Waals surface area contributed by atoms with Gasteiger partial charge in [0.1, 0.15) is 8.07 Å². The molecule has 1 aliphatic rings. The Morgan fingerprint density at radius 2 is 1.96 bits per heavy atom. The third kappa shape index (κ3) is 5.61. The average molecular weight is 331 g/mol. The van der Waals surface area contributed by atoms with Crippen LogP contribution in [0.15, 0.2) is 41.6 Å². The predicted octanol–water partition coefficient (Wildman–Crippen LogP) is 5.61. The lowest BCUT2D eigenvalue weighted by atomic mass is 10.1. The van der Waals surface area contributed by atoms with Crippen LogP contribution < -0.4 is 5.19 Å². The molecule has 0 aliphatic carbocycles. The fraction of sp³-hybridized carbons (Fsp3) is 0.619. The highest BCUT2D eigenvalue weighted by atomic mass is 28.3. The molecule has 1 atom stereocenters. The molecule has 0 saturated carbocycles. The van der Waals surface area contributed by atoms with Gasteiger partial charge in [0, 0.05) is 6.61 Å². The molecule has 0 bridgehead atoms. The highest BCUT2D eigenvalue weighted by Crippen LogP contribution is 2.25. The van der Waals surface area contributed by atoms with E-state index in [-0.39, 0.29) is 0 Å². The second-order valence-electron chi connectivity index (χ2n) is 7.40. The Bertz CT molecular complexity index is 472. The zero-order valence-electron chi connectivity index (χ0n) is 15.3. The van der Waals surface area contributed by atoms with Crippen LogP contribution in [-0.4, -0.2) is 20.8 Å². The van der Waals surface area contributed by atoms with Gasteiger partial charge < -0.3 is 4.74 Å². The van der Waals surface area contributed by atoms with Crippen LogP contribution in [0.25, 0.3) is 0 Å². The molecular weight excluding hydrogens is 296 g/mol. The van der Waals surface area contributed by atoms with Crippen molar-refractivity contribution in [3.63, 3.8) is 0 Å². The van der Waals surface area contributed by atoms with Crippen molar-refractivity contribution in [2.24, 2.45) is 0 Å². The van der Waals surface area contributed by atoms with Gasteiger partial charge in [-0.15, -0.1) is 0 Å². The molecule has 1 aromatic carbocycles. The molecule has 0 spiro atoms. The van der Waals surface area contributed by atoms with Gasteiger partial charge in [-0.2, -0.15) is 0 Å². The second kappa shape index (κ2) is 9.44. The first-order chi connectivity index (χ1) is 11.1. The van der Waals surface area contributed by atoms with E-state index in [1.165, 1.54) is 44.9 Å². The first kappa shape index (κ1) is 18.5. The summed E-state index contributed by atoms with van der Waals surface area (Å²) in [7, 11) is -1.54. The van der Waals surface area contributed by atoms with Crippen LogP contribution in [0.4, 0.5) is 0 Å². The Kier molecular flexibility index (Phi) is 7.58. The smallest absolute Gasteiger partial charge is 0.107 e. The fourth-order valence-electron chi connectivity index (χ4n) is 3.56. The molecule has 1 saturated heterocycles. The lowest BCUT2D eigenvalue weighted by Crippen LogP contribution is -2.43. The van der Waals surface area contributed by atoms with Gasteiger partial charge in [0.15, 0.2) is 0 Å². The molecule has 1 aliphatic heterocycles. The van der Waals surface area contributed by atoms with Gasteiger partial charge >= 0.3 is 0 Å². The van der Waals surface area contributed by atoms with E-state index in [1.54, 1.807) is 10.4 Å². The summed E-state index contributed by atoms with van der Waals surface area (Å²) in [5.74, 6) is 0. The standard InChI is InChI=1S/C21H34OSi/c1-4-5-6-8-15-21(17-16-19-12-11-18-22-19)23(2,3)20-13-9-7-10-14-20/h7,9-10,13-14,17,19H,4-6,8,11-12,15-16,18H2,1-3H3/b21-17+. The summed E-state index contributed by atoms with van der Waals surface area (Å²) < 4.78 is 5.84.